The highest BCUT2D eigenvalue weighted by Crippen LogP contribution is 2.17. The van der Waals surface area contributed by atoms with Crippen LogP contribution in [-0.2, 0) is 14.8 Å². The Morgan fingerprint density at radius 1 is 1.56 bits per heavy atom. The maximum atomic E-state index is 11.7. The molecule has 0 aliphatic heterocycles. The lowest BCUT2D eigenvalue weighted by Crippen LogP contribution is -2.30. The van der Waals surface area contributed by atoms with Gasteiger partial charge in [0.15, 0.2) is 6.10 Å². The largest absolute Gasteiger partial charge is 0.479 e. The second-order valence-corrected chi connectivity index (χ2v) is 5.43. The Morgan fingerprint density at radius 2 is 2.22 bits per heavy atom. The van der Waals surface area contributed by atoms with Gasteiger partial charge in [0, 0.05) is 12.7 Å². The van der Waals surface area contributed by atoms with Gasteiger partial charge in [0.05, 0.1) is 0 Å². The van der Waals surface area contributed by atoms with E-state index in [0.29, 0.717) is 0 Å². The Balaban J connectivity index is 2.67. The minimum atomic E-state index is -3.86. The van der Waals surface area contributed by atoms with E-state index in [2.05, 4.69) is 9.71 Å². The topological polar surface area (TPSA) is 117 Å². The molecule has 0 unspecified atom stereocenters. The van der Waals surface area contributed by atoms with E-state index >= 15 is 0 Å². The summed E-state index contributed by atoms with van der Waals surface area (Å²) in [5.41, 5.74) is 0. The number of aliphatic hydroxyl groups excluding tert-OH is 1. The zero-order valence-electron chi connectivity index (χ0n) is 9.08. The number of rotatable bonds is 6. The summed E-state index contributed by atoms with van der Waals surface area (Å²) in [4.78, 5) is 13.7. The fourth-order valence-corrected chi connectivity index (χ4v) is 2.60. The lowest BCUT2D eigenvalue weighted by molar-refractivity contribution is -0.146. The molecule has 100 valence electrons. The minimum Gasteiger partial charge on any atom is -0.479 e. The summed E-state index contributed by atoms with van der Waals surface area (Å²) in [5, 5.41) is 17.2. The molecule has 7 nitrogen and oxygen atoms in total. The van der Waals surface area contributed by atoms with Gasteiger partial charge in [-0.2, -0.15) is 0 Å². The first kappa shape index (κ1) is 14.8. The second kappa shape index (κ2) is 6.10. The number of nitrogens with zero attached hydrogens (tertiary/aromatic N) is 1. The highest BCUT2D eigenvalue weighted by Gasteiger charge is 2.19. The van der Waals surface area contributed by atoms with Crippen LogP contribution in [-0.4, -0.2) is 42.2 Å². The van der Waals surface area contributed by atoms with Gasteiger partial charge in [-0.05, 0) is 18.6 Å². The van der Waals surface area contributed by atoms with Gasteiger partial charge < -0.3 is 10.2 Å². The van der Waals surface area contributed by atoms with E-state index in [-0.39, 0.29) is 23.0 Å². The number of hydrogen-bond acceptors (Lipinski definition) is 5. The average molecular weight is 295 g/mol. The number of aromatic nitrogens is 1. The number of carboxylic acids is 1. The highest BCUT2D eigenvalue weighted by molar-refractivity contribution is 7.89. The van der Waals surface area contributed by atoms with Crippen molar-refractivity contribution in [1.29, 1.82) is 0 Å². The standard InChI is InChI=1S/C9H11ClN2O5S/c10-8-7(2-1-4-11-8)18(16,17)12-5-3-6(13)9(14)15/h1-2,4,6,12-13H,3,5H2,(H,14,15)/t6-/m0/s1. The highest BCUT2D eigenvalue weighted by atomic mass is 35.5. The predicted molar refractivity (Wildman–Crippen MR) is 62.7 cm³/mol. The van der Waals surface area contributed by atoms with Gasteiger partial charge in [0.2, 0.25) is 10.0 Å². The van der Waals surface area contributed by atoms with Gasteiger partial charge in [0.1, 0.15) is 10.0 Å². The zero-order chi connectivity index (χ0) is 13.8. The molecular weight excluding hydrogens is 284 g/mol. The number of halogens is 1. The fraction of sp³-hybridized carbons (Fsp3) is 0.333. The van der Waals surface area contributed by atoms with Crippen LogP contribution < -0.4 is 4.72 Å². The third-order valence-corrected chi connectivity index (χ3v) is 3.92. The number of aliphatic hydroxyl groups is 1. The van der Waals surface area contributed by atoms with E-state index in [1.54, 1.807) is 0 Å². The Bertz CT molecular complexity index is 534. The molecule has 0 aromatic carbocycles. The molecule has 0 radical (unpaired) electrons. The fourth-order valence-electron chi connectivity index (χ4n) is 1.10. The van der Waals surface area contributed by atoms with E-state index in [1.165, 1.54) is 18.3 Å². The third kappa shape index (κ3) is 3.91. The molecule has 18 heavy (non-hydrogen) atoms. The summed E-state index contributed by atoms with van der Waals surface area (Å²) in [6.07, 6.45) is -0.515. The Morgan fingerprint density at radius 3 is 2.78 bits per heavy atom. The Hall–Kier alpha value is -1.22. The van der Waals surface area contributed by atoms with Gasteiger partial charge in [0.25, 0.3) is 0 Å². The summed E-state index contributed by atoms with van der Waals surface area (Å²) in [7, 11) is -3.86. The molecule has 0 saturated carbocycles. The summed E-state index contributed by atoms with van der Waals surface area (Å²) >= 11 is 5.63. The average Bonchev–Trinajstić information content (AvgIpc) is 2.28. The van der Waals surface area contributed by atoms with Gasteiger partial charge in [-0.25, -0.2) is 22.9 Å². The maximum Gasteiger partial charge on any atom is 0.332 e. The predicted octanol–water partition coefficient (Wildman–Crippen LogP) is -0.151. The molecule has 0 spiro atoms. The summed E-state index contributed by atoms with van der Waals surface area (Å²) < 4.78 is 25.6. The van der Waals surface area contributed by atoms with Crippen LogP contribution in [0.3, 0.4) is 0 Å². The van der Waals surface area contributed by atoms with Crippen LogP contribution in [0.25, 0.3) is 0 Å². The number of carbonyl (C=O) groups is 1. The second-order valence-electron chi connectivity index (χ2n) is 3.33. The number of sulfonamides is 1. The molecule has 1 rings (SSSR count). The van der Waals surface area contributed by atoms with Crippen LogP contribution in [0.1, 0.15) is 6.42 Å². The van der Waals surface area contributed by atoms with Crippen molar-refractivity contribution in [1.82, 2.24) is 9.71 Å². The summed E-state index contributed by atoms with van der Waals surface area (Å²) in [6, 6.07) is 2.68. The van der Waals surface area contributed by atoms with Crippen molar-refractivity contribution >= 4 is 27.6 Å². The molecule has 0 aliphatic carbocycles. The van der Waals surface area contributed by atoms with Crippen LogP contribution in [0.2, 0.25) is 5.15 Å². The van der Waals surface area contributed by atoms with Gasteiger partial charge in [-0.3, -0.25) is 0 Å². The van der Waals surface area contributed by atoms with Crippen molar-refractivity contribution < 1.29 is 23.4 Å². The number of nitrogens with one attached hydrogen (secondary N) is 1. The maximum absolute atomic E-state index is 11.7. The van der Waals surface area contributed by atoms with E-state index in [1.807, 2.05) is 0 Å². The van der Waals surface area contributed by atoms with Crippen LogP contribution in [0.4, 0.5) is 0 Å². The zero-order valence-corrected chi connectivity index (χ0v) is 10.6. The first-order valence-electron chi connectivity index (χ1n) is 4.85. The Labute approximate surface area is 108 Å². The molecule has 0 saturated heterocycles. The third-order valence-electron chi connectivity index (χ3n) is 2.01. The van der Waals surface area contributed by atoms with Gasteiger partial charge in [-0.15, -0.1) is 0 Å². The van der Waals surface area contributed by atoms with Crippen molar-refractivity contribution in [2.75, 3.05) is 6.54 Å². The molecule has 1 atom stereocenters. The van der Waals surface area contributed by atoms with Gasteiger partial charge >= 0.3 is 5.97 Å². The molecule has 1 heterocycles. The minimum absolute atomic E-state index is 0.177. The first-order valence-corrected chi connectivity index (χ1v) is 6.72. The quantitative estimate of drug-likeness (QED) is 0.628. The summed E-state index contributed by atoms with van der Waals surface area (Å²) in [5.74, 6) is -1.41. The van der Waals surface area contributed by atoms with Crippen molar-refractivity contribution in [2.45, 2.75) is 17.4 Å². The van der Waals surface area contributed by atoms with Crippen LogP contribution in [0, 0.1) is 0 Å². The smallest absolute Gasteiger partial charge is 0.332 e. The summed E-state index contributed by atoms with van der Waals surface area (Å²) in [6.45, 7) is -0.221. The van der Waals surface area contributed by atoms with Crippen molar-refractivity contribution in [2.24, 2.45) is 0 Å². The van der Waals surface area contributed by atoms with E-state index < -0.39 is 22.1 Å². The van der Waals surface area contributed by atoms with Crippen molar-refractivity contribution in [3.63, 3.8) is 0 Å². The molecule has 0 bridgehead atoms. The lowest BCUT2D eigenvalue weighted by Gasteiger charge is -2.08. The van der Waals surface area contributed by atoms with Crippen LogP contribution >= 0.6 is 11.6 Å². The van der Waals surface area contributed by atoms with Crippen molar-refractivity contribution in [3.8, 4) is 0 Å². The van der Waals surface area contributed by atoms with Crippen LogP contribution in [0.5, 0.6) is 0 Å². The molecule has 1 aromatic rings. The number of aliphatic carboxylic acids is 1. The normalized spacial score (nSPS) is 13.2. The van der Waals surface area contributed by atoms with E-state index in [0.717, 1.165) is 0 Å². The van der Waals surface area contributed by atoms with E-state index in [9.17, 15) is 13.2 Å². The molecule has 0 amide bonds. The Kier molecular flexibility index (Phi) is 5.03. The van der Waals surface area contributed by atoms with E-state index in [4.69, 9.17) is 21.8 Å². The SMILES string of the molecule is O=C(O)[C@@H](O)CCNS(=O)(=O)c1cccnc1Cl. The monoisotopic (exact) mass is 294 g/mol. The molecule has 3 N–H and O–H groups in total. The lowest BCUT2D eigenvalue weighted by atomic mass is 10.3. The first-order chi connectivity index (χ1) is 8.34. The molecule has 9 heteroatoms. The molecule has 0 fully saturated rings. The number of carboxylic acid groups (broad SMARTS) is 1. The molecule has 1 aromatic heterocycles. The number of hydrogen-bond donors (Lipinski definition) is 3. The number of pyridine rings is 1. The van der Waals surface area contributed by atoms with Crippen molar-refractivity contribution in [3.05, 3.63) is 23.5 Å². The van der Waals surface area contributed by atoms with Gasteiger partial charge in [-0.1, -0.05) is 11.6 Å². The molecule has 0 aliphatic rings. The molecular formula is C9H11ClN2O5S. The van der Waals surface area contributed by atoms with Crippen LogP contribution in [0.15, 0.2) is 23.2 Å².